The Balaban J connectivity index is 1.51. The lowest BCUT2D eigenvalue weighted by atomic mass is 10.2. The molecule has 1 aliphatic rings. The quantitative estimate of drug-likeness (QED) is 0.301. The van der Waals surface area contributed by atoms with E-state index < -0.39 is 5.82 Å². The fourth-order valence-electron chi connectivity index (χ4n) is 3.52. The van der Waals surface area contributed by atoms with Crippen LogP contribution in [0.3, 0.4) is 0 Å². The van der Waals surface area contributed by atoms with E-state index in [-0.39, 0.29) is 30.0 Å². The largest absolute Gasteiger partial charge is 0.385 e. The molecule has 1 heterocycles. The molecule has 0 fully saturated rings. The van der Waals surface area contributed by atoms with Gasteiger partial charge >= 0.3 is 0 Å². The first kappa shape index (κ1) is 25.2. The summed E-state index contributed by atoms with van der Waals surface area (Å²) in [5, 5.41) is 5.86. The molecule has 0 radical (unpaired) electrons. The minimum absolute atomic E-state index is 0.224. The zero-order chi connectivity index (χ0) is 25.5. The zero-order valence-corrected chi connectivity index (χ0v) is 20.3. The highest BCUT2D eigenvalue weighted by Gasteiger charge is 2.38. The lowest BCUT2D eigenvalue weighted by Crippen LogP contribution is -2.33. The summed E-state index contributed by atoms with van der Waals surface area (Å²) in [6.45, 7) is 0.690. The van der Waals surface area contributed by atoms with Gasteiger partial charge in [0.1, 0.15) is 16.4 Å². The van der Waals surface area contributed by atoms with Gasteiger partial charge in [0, 0.05) is 42.1 Å². The van der Waals surface area contributed by atoms with Gasteiger partial charge < -0.3 is 15.4 Å². The molecule has 1 aliphatic heterocycles. The Labute approximate surface area is 212 Å². The van der Waals surface area contributed by atoms with Gasteiger partial charge in [0.05, 0.1) is 0 Å². The Morgan fingerprint density at radius 3 is 2.28 bits per heavy atom. The maximum absolute atomic E-state index is 13.2. The molecule has 0 unspecified atom stereocenters. The molecule has 184 valence electrons. The standard InChI is InChI=1S/C27H24FN3O4S/c1-35-17-5-16-31-26(33)23(29-20-6-3-2-4-7-20)24(27(31)34)36-22-14-12-21(13-15-22)30-25(32)18-8-10-19(28)11-9-18/h2-4,6-15,29H,5,16-17H2,1H3,(H,30,32). The highest BCUT2D eigenvalue weighted by atomic mass is 32.2. The molecule has 7 nitrogen and oxygen atoms in total. The minimum Gasteiger partial charge on any atom is -0.385 e. The number of amides is 3. The van der Waals surface area contributed by atoms with Gasteiger partial charge in [-0.1, -0.05) is 30.0 Å². The number of methoxy groups -OCH3 is 1. The number of anilines is 2. The molecule has 36 heavy (non-hydrogen) atoms. The summed E-state index contributed by atoms with van der Waals surface area (Å²) >= 11 is 1.18. The first-order chi connectivity index (χ1) is 17.5. The van der Waals surface area contributed by atoms with Crippen molar-refractivity contribution < 1.29 is 23.5 Å². The summed E-state index contributed by atoms with van der Waals surface area (Å²) in [6.07, 6.45) is 0.535. The van der Waals surface area contributed by atoms with E-state index >= 15 is 0 Å². The van der Waals surface area contributed by atoms with E-state index in [2.05, 4.69) is 10.6 Å². The Kier molecular flexibility index (Phi) is 8.14. The molecule has 0 saturated carbocycles. The van der Waals surface area contributed by atoms with Crippen LogP contribution in [0.2, 0.25) is 0 Å². The smallest absolute Gasteiger partial charge is 0.278 e. The number of nitrogens with zero attached hydrogens (tertiary/aromatic N) is 1. The predicted molar refractivity (Wildman–Crippen MR) is 137 cm³/mol. The number of halogens is 1. The molecule has 4 rings (SSSR count). The third-order valence-corrected chi connectivity index (χ3v) is 6.43. The average Bonchev–Trinajstić information content (AvgIpc) is 3.10. The first-order valence-electron chi connectivity index (χ1n) is 11.2. The van der Waals surface area contributed by atoms with E-state index in [4.69, 9.17) is 4.74 Å². The van der Waals surface area contributed by atoms with Crippen LogP contribution in [0.4, 0.5) is 15.8 Å². The van der Waals surface area contributed by atoms with Gasteiger partial charge in [0.25, 0.3) is 17.7 Å². The number of nitrogens with one attached hydrogen (secondary N) is 2. The summed E-state index contributed by atoms with van der Waals surface area (Å²) in [4.78, 5) is 40.9. The maximum atomic E-state index is 13.2. The molecular formula is C27H24FN3O4S. The molecule has 3 aromatic rings. The second kappa shape index (κ2) is 11.7. The predicted octanol–water partition coefficient (Wildman–Crippen LogP) is 4.90. The molecule has 2 N–H and O–H groups in total. The van der Waals surface area contributed by atoms with Crippen LogP contribution in [0.15, 0.2) is 94.4 Å². The van der Waals surface area contributed by atoms with Crippen LogP contribution in [0.1, 0.15) is 16.8 Å². The molecule has 3 aromatic carbocycles. The van der Waals surface area contributed by atoms with Crippen molar-refractivity contribution in [2.24, 2.45) is 0 Å². The maximum Gasteiger partial charge on any atom is 0.278 e. The fourth-order valence-corrected chi connectivity index (χ4v) is 4.47. The number of carbonyl (C=O) groups is 3. The minimum atomic E-state index is -0.416. The van der Waals surface area contributed by atoms with E-state index in [1.165, 1.54) is 40.9 Å². The van der Waals surface area contributed by atoms with Crippen molar-refractivity contribution in [1.82, 2.24) is 4.90 Å². The van der Waals surface area contributed by atoms with Gasteiger partial charge in [-0.3, -0.25) is 19.3 Å². The van der Waals surface area contributed by atoms with Gasteiger partial charge in [-0.15, -0.1) is 0 Å². The summed E-state index contributed by atoms with van der Waals surface area (Å²) in [5.74, 6) is -1.53. The number of para-hydroxylation sites is 1. The van der Waals surface area contributed by atoms with Gasteiger partial charge in [-0.05, 0) is 67.1 Å². The average molecular weight is 506 g/mol. The van der Waals surface area contributed by atoms with Crippen LogP contribution in [0.5, 0.6) is 0 Å². The van der Waals surface area contributed by atoms with Crippen molar-refractivity contribution in [3.05, 3.63) is 101 Å². The molecule has 0 aromatic heterocycles. The number of ether oxygens (including phenoxy) is 1. The Morgan fingerprint density at radius 2 is 1.61 bits per heavy atom. The molecule has 0 atom stereocenters. The van der Waals surface area contributed by atoms with Crippen molar-refractivity contribution in [3.63, 3.8) is 0 Å². The number of rotatable bonds is 10. The fraction of sp³-hybridized carbons (Fsp3) is 0.148. The van der Waals surface area contributed by atoms with Crippen LogP contribution in [-0.2, 0) is 14.3 Å². The lowest BCUT2D eigenvalue weighted by Gasteiger charge is -2.14. The van der Waals surface area contributed by atoms with Crippen molar-refractivity contribution in [2.75, 3.05) is 30.9 Å². The molecule has 0 bridgehead atoms. The monoisotopic (exact) mass is 505 g/mol. The topological polar surface area (TPSA) is 87.7 Å². The lowest BCUT2D eigenvalue weighted by molar-refractivity contribution is -0.137. The molecule has 0 saturated heterocycles. The molecular weight excluding hydrogens is 481 g/mol. The van der Waals surface area contributed by atoms with Crippen molar-refractivity contribution in [2.45, 2.75) is 11.3 Å². The molecule has 9 heteroatoms. The number of thioether (sulfide) groups is 1. The van der Waals surface area contributed by atoms with Crippen molar-refractivity contribution in [1.29, 1.82) is 0 Å². The number of carbonyl (C=O) groups excluding carboxylic acids is 3. The highest BCUT2D eigenvalue weighted by Crippen LogP contribution is 2.36. The number of benzene rings is 3. The summed E-state index contributed by atoms with van der Waals surface area (Å²) in [6, 6.07) is 21.4. The molecule has 0 spiro atoms. The normalized spacial score (nSPS) is 13.3. The number of hydrogen-bond acceptors (Lipinski definition) is 6. The van der Waals surface area contributed by atoms with Crippen LogP contribution in [-0.4, -0.2) is 42.9 Å². The number of imide groups is 1. The van der Waals surface area contributed by atoms with E-state index in [0.717, 1.165) is 4.90 Å². The molecule has 3 amide bonds. The third kappa shape index (κ3) is 5.99. The first-order valence-corrected chi connectivity index (χ1v) is 12.0. The summed E-state index contributed by atoms with van der Waals surface area (Å²) in [7, 11) is 1.57. The molecule has 0 aliphatic carbocycles. The SMILES string of the molecule is COCCCN1C(=O)C(Nc2ccccc2)=C(Sc2ccc(NC(=O)c3ccc(F)cc3)cc2)C1=O. The number of hydrogen-bond donors (Lipinski definition) is 2. The van der Waals surface area contributed by atoms with E-state index in [1.54, 1.807) is 31.4 Å². The van der Waals surface area contributed by atoms with Gasteiger partial charge in [0.15, 0.2) is 0 Å². The van der Waals surface area contributed by atoms with Gasteiger partial charge in [-0.2, -0.15) is 0 Å². The second-order valence-electron chi connectivity index (χ2n) is 7.89. The van der Waals surface area contributed by atoms with E-state index in [0.29, 0.717) is 34.9 Å². The van der Waals surface area contributed by atoms with Gasteiger partial charge in [-0.25, -0.2) is 4.39 Å². The van der Waals surface area contributed by atoms with Crippen LogP contribution < -0.4 is 10.6 Å². The third-order valence-electron chi connectivity index (χ3n) is 5.34. The van der Waals surface area contributed by atoms with Crippen LogP contribution in [0, 0.1) is 5.82 Å². The Hall–Kier alpha value is -3.95. The summed E-state index contributed by atoms with van der Waals surface area (Å²) in [5.41, 5.74) is 1.80. The Morgan fingerprint density at radius 1 is 0.917 bits per heavy atom. The van der Waals surface area contributed by atoms with Gasteiger partial charge in [0.2, 0.25) is 0 Å². The van der Waals surface area contributed by atoms with Crippen molar-refractivity contribution in [3.8, 4) is 0 Å². The zero-order valence-electron chi connectivity index (χ0n) is 19.5. The van der Waals surface area contributed by atoms with Crippen LogP contribution in [0.25, 0.3) is 0 Å². The van der Waals surface area contributed by atoms with E-state index in [1.807, 2.05) is 30.3 Å². The highest BCUT2D eigenvalue weighted by molar-refractivity contribution is 8.04. The van der Waals surface area contributed by atoms with E-state index in [9.17, 15) is 18.8 Å². The van der Waals surface area contributed by atoms with Crippen molar-refractivity contribution >= 4 is 40.9 Å². The van der Waals surface area contributed by atoms with Crippen LogP contribution >= 0.6 is 11.8 Å². The Bertz CT molecular complexity index is 1280. The second-order valence-corrected chi connectivity index (χ2v) is 8.97. The summed E-state index contributed by atoms with van der Waals surface area (Å²) < 4.78 is 18.2.